The lowest BCUT2D eigenvalue weighted by Crippen LogP contribution is -2.13. The van der Waals surface area contributed by atoms with Crippen LogP contribution in [0.4, 0.5) is 11.4 Å². The molecule has 0 saturated carbocycles. The summed E-state index contributed by atoms with van der Waals surface area (Å²) in [5, 5.41) is 8.08. The summed E-state index contributed by atoms with van der Waals surface area (Å²) in [6.45, 7) is 0. The van der Waals surface area contributed by atoms with Crippen LogP contribution in [0.2, 0.25) is 5.02 Å². The van der Waals surface area contributed by atoms with E-state index in [-0.39, 0.29) is 18.2 Å². The van der Waals surface area contributed by atoms with Crippen molar-refractivity contribution in [2.45, 2.75) is 12.8 Å². The van der Waals surface area contributed by atoms with Gasteiger partial charge >= 0.3 is 0 Å². The van der Waals surface area contributed by atoms with Gasteiger partial charge in [0.1, 0.15) is 0 Å². The molecule has 6 nitrogen and oxygen atoms in total. The molecule has 2 aromatic carbocycles. The monoisotopic (exact) mass is 451 g/mol. The highest BCUT2D eigenvalue weighted by Gasteiger charge is 2.12. The molecule has 31 heavy (non-hydrogen) atoms. The number of halogens is 1. The van der Waals surface area contributed by atoms with E-state index >= 15 is 0 Å². The molecule has 4 aromatic rings. The standard InChI is InChI=1S/C23H18ClN3O3S/c24-18-5-2-1-4-17(18)19-14-25-22(30-19)12-11-21(28)26-15-7-9-16(10-8-15)27-23(29)20-6-3-13-31-20/h1-10,13-14H,11-12H2,(H,26,28)(H,27,29). The molecule has 2 heterocycles. The van der Waals surface area contributed by atoms with Crippen LogP contribution in [0.25, 0.3) is 11.3 Å². The molecule has 0 unspecified atom stereocenters. The van der Waals surface area contributed by atoms with Crippen molar-refractivity contribution in [2.75, 3.05) is 10.6 Å². The van der Waals surface area contributed by atoms with Gasteiger partial charge in [-0.25, -0.2) is 4.98 Å². The minimum absolute atomic E-state index is 0.158. The highest BCUT2D eigenvalue weighted by atomic mass is 35.5. The molecule has 0 fully saturated rings. The number of rotatable bonds is 7. The molecule has 4 rings (SSSR count). The number of oxazole rings is 1. The lowest BCUT2D eigenvalue weighted by atomic mass is 10.2. The number of carbonyl (C=O) groups excluding carboxylic acids is 2. The topological polar surface area (TPSA) is 84.2 Å². The van der Waals surface area contributed by atoms with Crippen molar-refractivity contribution in [3.05, 3.63) is 88.0 Å². The Labute approximate surface area is 187 Å². The van der Waals surface area contributed by atoms with E-state index < -0.39 is 0 Å². The fraction of sp³-hybridized carbons (Fsp3) is 0.0870. The molecule has 2 amide bonds. The number of carbonyl (C=O) groups is 2. The van der Waals surface area contributed by atoms with E-state index in [2.05, 4.69) is 15.6 Å². The van der Waals surface area contributed by atoms with Gasteiger partial charge in [-0.15, -0.1) is 11.3 Å². The Morgan fingerprint density at radius 1 is 0.968 bits per heavy atom. The largest absolute Gasteiger partial charge is 0.441 e. The number of aromatic nitrogens is 1. The van der Waals surface area contributed by atoms with Gasteiger partial charge in [-0.3, -0.25) is 9.59 Å². The van der Waals surface area contributed by atoms with Crippen LogP contribution in [0.5, 0.6) is 0 Å². The summed E-state index contributed by atoms with van der Waals surface area (Å²) >= 11 is 7.55. The molecule has 2 aromatic heterocycles. The normalized spacial score (nSPS) is 10.6. The molecule has 2 N–H and O–H groups in total. The summed E-state index contributed by atoms with van der Waals surface area (Å²) in [6, 6.07) is 17.9. The van der Waals surface area contributed by atoms with Crippen molar-refractivity contribution in [3.63, 3.8) is 0 Å². The summed E-state index contributed by atoms with van der Waals surface area (Å²) in [4.78, 5) is 29.2. The molecular formula is C23H18ClN3O3S. The first-order chi connectivity index (χ1) is 15.1. The zero-order chi connectivity index (χ0) is 21.6. The van der Waals surface area contributed by atoms with Crippen LogP contribution in [-0.4, -0.2) is 16.8 Å². The summed E-state index contributed by atoms with van der Waals surface area (Å²) in [5.41, 5.74) is 2.06. The lowest BCUT2D eigenvalue weighted by molar-refractivity contribution is -0.116. The summed E-state index contributed by atoms with van der Waals surface area (Å²) in [5.74, 6) is 0.722. The Hall–Kier alpha value is -3.42. The number of hydrogen-bond donors (Lipinski definition) is 2. The molecule has 0 bridgehead atoms. The van der Waals surface area contributed by atoms with E-state index in [1.165, 1.54) is 11.3 Å². The number of anilines is 2. The molecule has 0 atom stereocenters. The molecular weight excluding hydrogens is 434 g/mol. The predicted molar refractivity (Wildman–Crippen MR) is 123 cm³/mol. The van der Waals surface area contributed by atoms with Crippen LogP contribution in [0.3, 0.4) is 0 Å². The molecule has 0 aliphatic carbocycles. The SMILES string of the molecule is O=C(CCc1ncc(-c2ccccc2Cl)o1)Nc1ccc(NC(=O)c2cccs2)cc1. The zero-order valence-corrected chi connectivity index (χ0v) is 17.9. The molecule has 8 heteroatoms. The van der Waals surface area contributed by atoms with Gasteiger partial charge in [0.15, 0.2) is 11.7 Å². The molecule has 0 spiro atoms. The number of nitrogens with one attached hydrogen (secondary N) is 2. The van der Waals surface area contributed by atoms with E-state index in [1.807, 2.05) is 29.6 Å². The average Bonchev–Trinajstić information content (AvgIpc) is 3.46. The van der Waals surface area contributed by atoms with E-state index in [4.69, 9.17) is 16.0 Å². The Kier molecular flexibility index (Phi) is 6.45. The average molecular weight is 452 g/mol. The Bertz CT molecular complexity index is 1190. The predicted octanol–water partition coefficient (Wildman–Crippen LogP) is 5.88. The first-order valence-electron chi connectivity index (χ1n) is 9.53. The third-order valence-electron chi connectivity index (χ3n) is 4.43. The fourth-order valence-corrected chi connectivity index (χ4v) is 3.74. The van der Waals surface area contributed by atoms with Gasteiger partial charge in [0, 0.05) is 29.8 Å². The number of aryl methyl sites for hydroxylation is 1. The summed E-state index contributed by atoms with van der Waals surface area (Å²) < 4.78 is 5.72. The highest BCUT2D eigenvalue weighted by Crippen LogP contribution is 2.28. The number of nitrogens with zero attached hydrogens (tertiary/aromatic N) is 1. The van der Waals surface area contributed by atoms with Gasteiger partial charge in [0.05, 0.1) is 16.1 Å². The van der Waals surface area contributed by atoms with Crippen molar-refractivity contribution < 1.29 is 14.0 Å². The van der Waals surface area contributed by atoms with Gasteiger partial charge in [-0.1, -0.05) is 29.8 Å². The maximum absolute atomic E-state index is 12.3. The van der Waals surface area contributed by atoms with Gasteiger partial charge in [-0.2, -0.15) is 0 Å². The Balaban J connectivity index is 1.28. The second kappa shape index (κ2) is 9.59. The molecule has 0 radical (unpaired) electrons. The van der Waals surface area contributed by atoms with E-state index in [0.29, 0.717) is 39.3 Å². The van der Waals surface area contributed by atoms with Crippen molar-refractivity contribution >= 4 is 46.1 Å². The van der Waals surface area contributed by atoms with E-state index in [0.717, 1.165) is 5.56 Å². The van der Waals surface area contributed by atoms with Crippen molar-refractivity contribution in [3.8, 4) is 11.3 Å². The van der Waals surface area contributed by atoms with Gasteiger partial charge in [-0.05, 0) is 47.8 Å². The number of hydrogen-bond acceptors (Lipinski definition) is 5. The van der Waals surface area contributed by atoms with Crippen LogP contribution in [0.15, 0.2) is 76.7 Å². The summed E-state index contributed by atoms with van der Waals surface area (Å²) in [6.07, 6.45) is 2.20. The van der Waals surface area contributed by atoms with Crippen LogP contribution >= 0.6 is 22.9 Å². The number of benzene rings is 2. The third kappa shape index (κ3) is 5.39. The zero-order valence-electron chi connectivity index (χ0n) is 16.3. The first-order valence-corrected chi connectivity index (χ1v) is 10.8. The molecule has 156 valence electrons. The first kappa shape index (κ1) is 20.8. The Morgan fingerprint density at radius 2 is 1.71 bits per heavy atom. The van der Waals surface area contributed by atoms with Gasteiger partial charge < -0.3 is 15.1 Å². The molecule has 0 aliphatic heterocycles. The van der Waals surface area contributed by atoms with Crippen LogP contribution < -0.4 is 10.6 Å². The molecule has 0 aliphatic rings. The summed E-state index contributed by atoms with van der Waals surface area (Å²) in [7, 11) is 0. The van der Waals surface area contributed by atoms with E-state index in [1.54, 1.807) is 42.6 Å². The van der Waals surface area contributed by atoms with Crippen LogP contribution in [0.1, 0.15) is 22.0 Å². The van der Waals surface area contributed by atoms with E-state index in [9.17, 15) is 9.59 Å². The maximum Gasteiger partial charge on any atom is 0.265 e. The van der Waals surface area contributed by atoms with Gasteiger partial charge in [0.25, 0.3) is 5.91 Å². The maximum atomic E-state index is 12.3. The van der Waals surface area contributed by atoms with Gasteiger partial charge in [0.2, 0.25) is 5.91 Å². The second-order valence-corrected chi connectivity index (χ2v) is 8.01. The second-order valence-electron chi connectivity index (χ2n) is 6.66. The highest BCUT2D eigenvalue weighted by molar-refractivity contribution is 7.12. The quantitative estimate of drug-likeness (QED) is 0.367. The number of amides is 2. The fourth-order valence-electron chi connectivity index (χ4n) is 2.89. The van der Waals surface area contributed by atoms with Crippen LogP contribution in [-0.2, 0) is 11.2 Å². The lowest BCUT2D eigenvalue weighted by Gasteiger charge is -2.07. The third-order valence-corrected chi connectivity index (χ3v) is 5.63. The molecule has 0 saturated heterocycles. The number of thiophene rings is 1. The smallest absolute Gasteiger partial charge is 0.265 e. The minimum atomic E-state index is -0.159. The van der Waals surface area contributed by atoms with Crippen molar-refractivity contribution in [2.24, 2.45) is 0 Å². The minimum Gasteiger partial charge on any atom is -0.441 e. The van der Waals surface area contributed by atoms with Crippen molar-refractivity contribution in [1.82, 2.24) is 4.98 Å². The van der Waals surface area contributed by atoms with Crippen molar-refractivity contribution in [1.29, 1.82) is 0 Å². The van der Waals surface area contributed by atoms with Crippen LogP contribution in [0, 0.1) is 0 Å². The Morgan fingerprint density at radius 3 is 2.42 bits per heavy atom.